The van der Waals surface area contributed by atoms with Crippen LogP contribution in [0.15, 0.2) is 12.3 Å². The van der Waals surface area contributed by atoms with Crippen LogP contribution in [0, 0.1) is 5.92 Å². The Morgan fingerprint density at radius 3 is 2.71 bits per heavy atom. The van der Waals surface area contributed by atoms with Gasteiger partial charge in [-0.2, -0.15) is 13.2 Å². The number of carbonyl (C=O) groups is 1. The highest BCUT2D eigenvalue weighted by Gasteiger charge is 2.39. The van der Waals surface area contributed by atoms with Gasteiger partial charge in [0.25, 0.3) is 0 Å². The molecule has 0 unspecified atom stereocenters. The second-order valence-electron chi connectivity index (χ2n) is 4.90. The summed E-state index contributed by atoms with van der Waals surface area (Å²) in [5.41, 5.74) is 0.749. The average Bonchev–Trinajstić information content (AvgIpc) is 2.65. The fourth-order valence-electron chi connectivity index (χ4n) is 1.83. The molecule has 2 aromatic rings. The summed E-state index contributed by atoms with van der Waals surface area (Å²) in [5, 5.41) is 5.91. The van der Waals surface area contributed by atoms with E-state index in [1.165, 1.54) is 16.8 Å². The quantitative estimate of drug-likeness (QED) is 0.884. The van der Waals surface area contributed by atoms with Crippen LogP contribution in [0.3, 0.4) is 0 Å². The molecule has 2 heterocycles. The summed E-state index contributed by atoms with van der Waals surface area (Å²) < 4.78 is 38.4. The zero-order valence-electron chi connectivity index (χ0n) is 11.2. The van der Waals surface area contributed by atoms with Gasteiger partial charge in [0.1, 0.15) is 5.15 Å². The Bertz CT molecular complexity index is 681. The van der Waals surface area contributed by atoms with Crippen LogP contribution in [0.2, 0.25) is 5.15 Å². The molecule has 0 spiro atoms. The van der Waals surface area contributed by atoms with Gasteiger partial charge in [-0.1, -0.05) is 25.4 Å². The van der Waals surface area contributed by atoms with E-state index in [0.29, 0.717) is 17.6 Å². The minimum atomic E-state index is -4.98. The fourth-order valence-corrected chi connectivity index (χ4v) is 1.96. The standard InChI is InChI=1S/C12H12ClF3N4O/c1-6(2)5-7-9(18-11(21)12(14,15)16)19-20-4-3-8(13)17-10(7)20/h3-4,6H,5H2,1-2H3,(H,18,19,21). The normalized spacial score (nSPS) is 12.1. The Labute approximate surface area is 123 Å². The van der Waals surface area contributed by atoms with Crippen molar-refractivity contribution in [1.82, 2.24) is 14.6 Å². The molecule has 0 fully saturated rings. The van der Waals surface area contributed by atoms with Gasteiger partial charge in [0.05, 0.1) is 0 Å². The van der Waals surface area contributed by atoms with Gasteiger partial charge in [0, 0.05) is 11.8 Å². The second-order valence-corrected chi connectivity index (χ2v) is 5.28. The molecule has 1 N–H and O–H groups in total. The molecule has 0 aromatic carbocycles. The van der Waals surface area contributed by atoms with Crippen molar-refractivity contribution in [3.63, 3.8) is 0 Å². The lowest BCUT2D eigenvalue weighted by atomic mass is 10.0. The first-order valence-corrected chi connectivity index (χ1v) is 6.48. The van der Waals surface area contributed by atoms with Gasteiger partial charge in [-0.15, -0.1) is 5.10 Å². The third-order valence-electron chi connectivity index (χ3n) is 2.65. The third kappa shape index (κ3) is 3.44. The van der Waals surface area contributed by atoms with E-state index < -0.39 is 12.1 Å². The summed E-state index contributed by atoms with van der Waals surface area (Å²) in [4.78, 5) is 15.1. The van der Waals surface area contributed by atoms with Crippen LogP contribution < -0.4 is 5.32 Å². The number of nitrogens with one attached hydrogen (secondary N) is 1. The number of alkyl halides is 3. The van der Waals surface area contributed by atoms with Crippen molar-refractivity contribution >= 4 is 29.0 Å². The summed E-state index contributed by atoms with van der Waals surface area (Å²) in [6, 6.07) is 1.45. The minimum Gasteiger partial charge on any atom is -0.301 e. The lowest BCUT2D eigenvalue weighted by Gasteiger charge is -2.08. The fraction of sp³-hybridized carbons (Fsp3) is 0.417. The first-order valence-electron chi connectivity index (χ1n) is 6.10. The van der Waals surface area contributed by atoms with E-state index in [4.69, 9.17) is 11.6 Å². The minimum absolute atomic E-state index is 0.139. The molecule has 2 rings (SSSR count). The summed E-state index contributed by atoms with van der Waals surface area (Å²) in [6.45, 7) is 3.78. The topological polar surface area (TPSA) is 59.3 Å². The SMILES string of the molecule is CC(C)Cc1c(NC(=O)C(F)(F)F)nn2ccc(Cl)nc12. The molecule has 0 radical (unpaired) electrons. The molecule has 0 aliphatic carbocycles. The first-order chi connectivity index (χ1) is 9.68. The van der Waals surface area contributed by atoms with Crippen LogP contribution in [-0.2, 0) is 11.2 Å². The predicted octanol–water partition coefficient (Wildman–Crippen LogP) is 3.08. The van der Waals surface area contributed by atoms with E-state index in [2.05, 4.69) is 10.1 Å². The van der Waals surface area contributed by atoms with Crippen molar-refractivity contribution in [1.29, 1.82) is 0 Å². The Morgan fingerprint density at radius 1 is 1.48 bits per heavy atom. The zero-order valence-corrected chi connectivity index (χ0v) is 12.0. The number of hydrogen-bond donors (Lipinski definition) is 1. The van der Waals surface area contributed by atoms with E-state index in [9.17, 15) is 18.0 Å². The number of anilines is 1. The molecular formula is C12H12ClF3N4O. The van der Waals surface area contributed by atoms with Crippen LogP contribution in [-0.4, -0.2) is 26.7 Å². The maximum absolute atomic E-state index is 12.4. The Hall–Kier alpha value is -1.83. The van der Waals surface area contributed by atoms with Crippen LogP contribution in [0.25, 0.3) is 5.65 Å². The maximum Gasteiger partial charge on any atom is 0.471 e. The van der Waals surface area contributed by atoms with Crippen LogP contribution >= 0.6 is 11.6 Å². The molecule has 0 saturated carbocycles. The Morgan fingerprint density at radius 2 is 2.14 bits per heavy atom. The van der Waals surface area contributed by atoms with Gasteiger partial charge in [0.2, 0.25) is 0 Å². The summed E-state index contributed by atoms with van der Waals surface area (Å²) in [6.07, 6.45) is -3.10. The summed E-state index contributed by atoms with van der Waals surface area (Å²) in [7, 11) is 0. The number of nitrogens with zero attached hydrogens (tertiary/aromatic N) is 3. The van der Waals surface area contributed by atoms with Crippen molar-refractivity contribution in [3.05, 3.63) is 23.0 Å². The van der Waals surface area contributed by atoms with Crippen molar-refractivity contribution in [2.45, 2.75) is 26.4 Å². The number of hydrogen-bond acceptors (Lipinski definition) is 3. The first kappa shape index (κ1) is 15.6. The van der Waals surface area contributed by atoms with E-state index in [1.54, 1.807) is 5.32 Å². The monoisotopic (exact) mass is 320 g/mol. The van der Waals surface area contributed by atoms with Crippen molar-refractivity contribution in [3.8, 4) is 0 Å². The molecule has 5 nitrogen and oxygen atoms in total. The van der Waals surface area contributed by atoms with E-state index in [0.717, 1.165) is 0 Å². The Kier molecular flexibility index (Phi) is 4.08. The number of carbonyl (C=O) groups excluding carboxylic acids is 1. The highest BCUT2D eigenvalue weighted by molar-refractivity contribution is 6.29. The molecule has 0 saturated heterocycles. The van der Waals surface area contributed by atoms with Gasteiger partial charge >= 0.3 is 12.1 Å². The van der Waals surface area contributed by atoms with Crippen molar-refractivity contribution < 1.29 is 18.0 Å². The van der Waals surface area contributed by atoms with Gasteiger partial charge in [-0.05, 0) is 18.4 Å². The zero-order chi connectivity index (χ0) is 15.8. The van der Waals surface area contributed by atoms with Gasteiger partial charge in [-0.25, -0.2) is 9.50 Å². The highest BCUT2D eigenvalue weighted by Crippen LogP contribution is 2.25. The molecule has 21 heavy (non-hydrogen) atoms. The van der Waals surface area contributed by atoms with Crippen molar-refractivity contribution in [2.24, 2.45) is 5.92 Å². The van der Waals surface area contributed by atoms with Crippen molar-refractivity contribution in [2.75, 3.05) is 5.32 Å². The van der Waals surface area contributed by atoms with E-state index >= 15 is 0 Å². The lowest BCUT2D eigenvalue weighted by Crippen LogP contribution is -2.30. The summed E-state index contributed by atoms with van der Waals surface area (Å²) in [5.74, 6) is -2.08. The highest BCUT2D eigenvalue weighted by atomic mass is 35.5. The molecular weight excluding hydrogens is 309 g/mol. The van der Waals surface area contributed by atoms with E-state index in [1.807, 2.05) is 13.8 Å². The number of rotatable bonds is 3. The second kappa shape index (κ2) is 5.51. The van der Waals surface area contributed by atoms with Gasteiger partial charge in [0.15, 0.2) is 11.5 Å². The maximum atomic E-state index is 12.4. The number of fused-ring (bicyclic) bond motifs is 1. The predicted molar refractivity (Wildman–Crippen MR) is 71.2 cm³/mol. The smallest absolute Gasteiger partial charge is 0.301 e. The molecule has 0 aliphatic rings. The summed E-state index contributed by atoms with van der Waals surface area (Å²) >= 11 is 5.80. The molecule has 0 atom stereocenters. The molecule has 0 aliphatic heterocycles. The van der Waals surface area contributed by atoms with E-state index in [-0.39, 0.29) is 16.9 Å². The van der Waals surface area contributed by atoms with Crippen LogP contribution in [0.1, 0.15) is 19.4 Å². The largest absolute Gasteiger partial charge is 0.471 e. The number of halogens is 4. The Balaban J connectivity index is 2.49. The molecule has 1 amide bonds. The van der Waals surface area contributed by atoms with Crippen LogP contribution in [0.4, 0.5) is 19.0 Å². The lowest BCUT2D eigenvalue weighted by molar-refractivity contribution is -0.167. The number of amides is 1. The molecule has 9 heteroatoms. The molecule has 114 valence electrons. The van der Waals surface area contributed by atoms with Gasteiger partial charge in [-0.3, -0.25) is 4.79 Å². The van der Waals surface area contributed by atoms with Crippen LogP contribution in [0.5, 0.6) is 0 Å². The molecule has 2 aromatic heterocycles. The van der Waals surface area contributed by atoms with Gasteiger partial charge < -0.3 is 5.32 Å². The number of aromatic nitrogens is 3. The molecule has 0 bridgehead atoms. The average molecular weight is 321 g/mol. The third-order valence-corrected chi connectivity index (χ3v) is 2.86.